The standard InChI is InChI=1S/C16H25N3S/c1-10-7-5-4-6-8-13(10)19-14-9-11(2)18-12(3)15(14)16(17)20/h9-10,13H,4-8H2,1-3H3,(H2,17,20)(H,18,19). The Bertz CT molecular complexity index is 499. The fourth-order valence-corrected chi connectivity index (χ4v) is 3.42. The van der Waals surface area contributed by atoms with Crippen LogP contribution in [0.2, 0.25) is 0 Å². The molecule has 1 aromatic heterocycles. The van der Waals surface area contributed by atoms with E-state index >= 15 is 0 Å². The SMILES string of the molecule is Cc1cc(NC2CCCCCC2C)c(C(N)=S)c(C)n1. The van der Waals surface area contributed by atoms with Crippen LogP contribution in [0.15, 0.2) is 6.07 Å². The van der Waals surface area contributed by atoms with Gasteiger partial charge in [0.05, 0.1) is 5.56 Å². The van der Waals surface area contributed by atoms with Gasteiger partial charge in [0.2, 0.25) is 0 Å². The maximum absolute atomic E-state index is 5.89. The summed E-state index contributed by atoms with van der Waals surface area (Å²) >= 11 is 5.20. The van der Waals surface area contributed by atoms with E-state index in [1.807, 2.05) is 13.8 Å². The van der Waals surface area contributed by atoms with Crippen LogP contribution in [0.5, 0.6) is 0 Å². The Morgan fingerprint density at radius 3 is 2.70 bits per heavy atom. The lowest BCUT2D eigenvalue weighted by Gasteiger charge is -2.26. The lowest BCUT2D eigenvalue weighted by atomic mass is 9.96. The van der Waals surface area contributed by atoms with E-state index in [2.05, 4.69) is 23.3 Å². The van der Waals surface area contributed by atoms with E-state index in [0.29, 0.717) is 16.9 Å². The molecule has 0 radical (unpaired) electrons. The van der Waals surface area contributed by atoms with E-state index < -0.39 is 0 Å². The normalized spacial score (nSPS) is 23.1. The molecule has 2 atom stereocenters. The number of hydrogen-bond acceptors (Lipinski definition) is 3. The van der Waals surface area contributed by atoms with Crippen molar-refractivity contribution in [3.63, 3.8) is 0 Å². The summed E-state index contributed by atoms with van der Waals surface area (Å²) in [6, 6.07) is 2.57. The van der Waals surface area contributed by atoms with Crippen molar-refractivity contribution < 1.29 is 0 Å². The molecule has 1 fully saturated rings. The highest BCUT2D eigenvalue weighted by molar-refractivity contribution is 7.80. The van der Waals surface area contributed by atoms with Crippen molar-refractivity contribution in [2.75, 3.05) is 5.32 Å². The second-order valence-corrected chi connectivity index (χ2v) is 6.44. The average molecular weight is 291 g/mol. The Labute approximate surface area is 127 Å². The van der Waals surface area contributed by atoms with Crippen LogP contribution in [-0.2, 0) is 0 Å². The molecule has 1 heterocycles. The molecular weight excluding hydrogens is 266 g/mol. The minimum absolute atomic E-state index is 0.429. The lowest BCUT2D eigenvalue weighted by Crippen LogP contribution is -2.28. The number of nitrogens with one attached hydrogen (secondary N) is 1. The molecule has 0 aliphatic heterocycles. The van der Waals surface area contributed by atoms with Crippen molar-refractivity contribution in [3.8, 4) is 0 Å². The minimum atomic E-state index is 0.429. The summed E-state index contributed by atoms with van der Waals surface area (Å²) in [4.78, 5) is 4.91. The molecule has 0 saturated heterocycles. The van der Waals surface area contributed by atoms with Crippen LogP contribution in [0.25, 0.3) is 0 Å². The lowest BCUT2D eigenvalue weighted by molar-refractivity contribution is 0.456. The summed E-state index contributed by atoms with van der Waals surface area (Å²) in [7, 11) is 0. The van der Waals surface area contributed by atoms with Gasteiger partial charge in [-0.25, -0.2) is 0 Å². The van der Waals surface area contributed by atoms with Gasteiger partial charge in [0.1, 0.15) is 4.99 Å². The molecule has 2 unspecified atom stereocenters. The van der Waals surface area contributed by atoms with Crippen LogP contribution >= 0.6 is 12.2 Å². The molecule has 1 aliphatic rings. The Hall–Kier alpha value is -1.16. The third-order valence-electron chi connectivity index (χ3n) is 4.28. The van der Waals surface area contributed by atoms with Crippen molar-refractivity contribution >= 4 is 22.9 Å². The number of pyridine rings is 1. The van der Waals surface area contributed by atoms with Crippen molar-refractivity contribution in [2.45, 2.75) is 58.9 Å². The number of rotatable bonds is 3. The largest absolute Gasteiger partial charge is 0.389 e. The molecule has 3 N–H and O–H groups in total. The van der Waals surface area contributed by atoms with Crippen LogP contribution in [0.3, 0.4) is 0 Å². The summed E-state index contributed by atoms with van der Waals surface area (Å²) < 4.78 is 0. The van der Waals surface area contributed by atoms with Gasteiger partial charge in [-0.3, -0.25) is 4.98 Å². The molecule has 1 aromatic rings. The van der Waals surface area contributed by atoms with Gasteiger partial charge in [-0.1, -0.05) is 38.4 Å². The molecule has 4 heteroatoms. The fraction of sp³-hybridized carbons (Fsp3) is 0.625. The summed E-state index contributed by atoms with van der Waals surface area (Å²) in [5.41, 5.74) is 9.77. The molecule has 0 bridgehead atoms. The number of nitrogens with two attached hydrogens (primary N) is 1. The minimum Gasteiger partial charge on any atom is -0.389 e. The van der Waals surface area contributed by atoms with Gasteiger partial charge in [-0.2, -0.15) is 0 Å². The first-order valence-electron chi connectivity index (χ1n) is 7.53. The average Bonchev–Trinajstić information content (AvgIpc) is 2.53. The summed E-state index contributed by atoms with van der Waals surface area (Å²) in [6.07, 6.45) is 6.50. The molecule has 1 saturated carbocycles. The van der Waals surface area contributed by atoms with Gasteiger partial charge >= 0.3 is 0 Å². The zero-order valence-electron chi connectivity index (χ0n) is 12.7. The second kappa shape index (κ2) is 6.53. The topological polar surface area (TPSA) is 50.9 Å². The van der Waals surface area contributed by atoms with Crippen LogP contribution in [0.4, 0.5) is 5.69 Å². The van der Waals surface area contributed by atoms with Gasteiger partial charge in [-0.15, -0.1) is 0 Å². The Kier molecular flexibility index (Phi) is 4.97. The number of anilines is 1. The van der Waals surface area contributed by atoms with E-state index in [9.17, 15) is 0 Å². The highest BCUT2D eigenvalue weighted by Crippen LogP contribution is 2.28. The first-order chi connectivity index (χ1) is 9.49. The first-order valence-corrected chi connectivity index (χ1v) is 7.94. The molecule has 2 rings (SSSR count). The van der Waals surface area contributed by atoms with Gasteiger partial charge in [0, 0.05) is 23.1 Å². The highest BCUT2D eigenvalue weighted by atomic mass is 32.1. The molecule has 0 aromatic carbocycles. The molecule has 0 amide bonds. The second-order valence-electron chi connectivity index (χ2n) is 6.00. The zero-order valence-corrected chi connectivity index (χ0v) is 13.5. The number of aromatic nitrogens is 1. The van der Waals surface area contributed by atoms with E-state index in [1.54, 1.807) is 0 Å². The quantitative estimate of drug-likeness (QED) is 0.658. The van der Waals surface area contributed by atoms with Gasteiger partial charge < -0.3 is 11.1 Å². The van der Waals surface area contributed by atoms with Gasteiger partial charge in [0.25, 0.3) is 0 Å². The molecular formula is C16H25N3S. The number of hydrogen-bond donors (Lipinski definition) is 2. The molecule has 1 aliphatic carbocycles. The molecule has 20 heavy (non-hydrogen) atoms. The Balaban J connectivity index is 2.29. The zero-order chi connectivity index (χ0) is 14.7. The van der Waals surface area contributed by atoms with Gasteiger partial charge in [0.15, 0.2) is 0 Å². The van der Waals surface area contributed by atoms with Crippen LogP contribution < -0.4 is 11.1 Å². The van der Waals surface area contributed by atoms with E-state index in [1.165, 1.54) is 32.1 Å². The third kappa shape index (κ3) is 3.48. The van der Waals surface area contributed by atoms with E-state index in [0.717, 1.165) is 22.6 Å². The maximum atomic E-state index is 5.89. The fourth-order valence-electron chi connectivity index (χ4n) is 3.16. The number of nitrogens with zero attached hydrogens (tertiary/aromatic N) is 1. The third-order valence-corrected chi connectivity index (χ3v) is 4.48. The summed E-state index contributed by atoms with van der Waals surface area (Å²) in [6.45, 7) is 6.32. The maximum Gasteiger partial charge on any atom is 0.107 e. The predicted octanol–water partition coefficient (Wildman–Crippen LogP) is 3.71. The molecule has 3 nitrogen and oxygen atoms in total. The van der Waals surface area contributed by atoms with Crippen LogP contribution in [0.1, 0.15) is 56.0 Å². The van der Waals surface area contributed by atoms with Gasteiger partial charge in [-0.05, 0) is 38.7 Å². The Morgan fingerprint density at radius 2 is 2.00 bits per heavy atom. The smallest absolute Gasteiger partial charge is 0.107 e. The van der Waals surface area contributed by atoms with Crippen molar-refractivity contribution in [1.82, 2.24) is 4.98 Å². The molecule has 110 valence electrons. The highest BCUT2D eigenvalue weighted by Gasteiger charge is 2.21. The first kappa shape index (κ1) is 15.2. The predicted molar refractivity (Wildman–Crippen MR) is 89.3 cm³/mol. The van der Waals surface area contributed by atoms with Crippen LogP contribution in [-0.4, -0.2) is 16.0 Å². The van der Waals surface area contributed by atoms with E-state index in [4.69, 9.17) is 18.0 Å². The Morgan fingerprint density at radius 1 is 1.30 bits per heavy atom. The van der Waals surface area contributed by atoms with Crippen molar-refractivity contribution in [2.24, 2.45) is 11.7 Å². The molecule has 0 spiro atoms. The van der Waals surface area contributed by atoms with Crippen molar-refractivity contribution in [3.05, 3.63) is 23.0 Å². The summed E-state index contributed by atoms with van der Waals surface area (Å²) in [5, 5.41) is 3.69. The van der Waals surface area contributed by atoms with Crippen molar-refractivity contribution in [1.29, 1.82) is 0 Å². The van der Waals surface area contributed by atoms with Crippen LogP contribution in [0, 0.1) is 19.8 Å². The number of aryl methyl sites for hydroxylation is 2. The van der Waals surface area contributed by atoms with E-state index in [-0.39, 0.29) is 0 Å². The number of thiocarbonyl (C=S) groups is 1. The monoisotopic (exact) mass is 291 g/mol. The summed E-state index contributed by atoms with van der Waals surface area (Å²) in [5.74, 6) is 0.686.